The van der Waals surface area contributed by atoms with Crippen LogP contribution in [-0.4, -0.2) is 22.2 Å². The molecule has 0 amide bonds. The number of nitrogens with two attached hydrogens (primary N) is 1. The molecule has 2 atom stereocenters. The summed E-state index contributed by atoms with van der Waals surface area (Å²) in [5.74, 6) is -0.890. The zero-order chi connectivity index (χ0) is 10.6. The zero-order valence-corrected chi connectivity index (χ0v) is 8.41. The number of aliphatic hydroxyl groups excluding tert-OH is 1. The molecule has 1 aromatic heterocycles. The highest BCUT2D eigenvalue weighted by Gasteiger charge is 2.18. The molecule has 0 aliphatic heterocycles. The Morgan fingerprint density at radius 1 is 1.64 bits per heavy atom. The van der Waals surface area contributed by atoms with E-state index >= 15 is 0 Å². The number of rotatable bonds is 5. The van der Waals surface area contributed by atoms with Gasteiger partial charge in [0.15, 0.2) is 0 Å². The fourth-order valence-electron chi connectivity index (χ4n) is 1.12. The second kappa shape index (κ2) is 5.09. The fraction of sp³-hybridized carbons (Fsp3) is 0.444. The molecular formula is C9H13NO3S. The standard InChI is InChI=1S/C9H13NO3S/c10-6(3-4-8(11)12)9(13)7-2-1-5-14-7/h1-2,5-6,9,13H,3-4,10H2,(H,11,12). The zero-order valence-electron chi connectivity index (χ0n) is 7.59. The largest absolute Gasteiger partial charge is 0.481 e. The quantitative estimate of drug-likeness (QED) is 0.683. The average molecular weight is 215 g/mol. The SMILES string of the molecule is NC(CCC(=O)O)C(O)c1cccs1. The predicted molar refractivity (Wildman–Crippen MR) is 54.1 cm³/mol. The summed E-state index contributed by atoms with van der Waals surface area (Å²) in [6.07, 6.45) is -0.479. The van der Waals surface area contributed by atoms with Gasteiger partial charge in [-0.2, -0.15) is 0 Å². The van der Waals surface area contributed by atoms with E-state index in [0.717, 1.165) is 4.88 Å². The van der Waals surface area contributed by atoms with Crippen molar-refractivity contribution in [2.24, 2.45) is 5.73 Å². The van der Waals surface area contributed by atoms with Crippen LogP contribution in [0.25, 0.3) is 0 Å². The van der Waals surface area contributed by atoms with Gasteiger partial charge in [0.2, 0.25) is 0 Å². The van der Waals surface area contributed by atoms with Crippen molar-refractivity contribution in [1.82, 2.24) is 0 Å². The number of aliphatic hydroxyl groups is 1. The fourth-order valence-corrected chi connectivity index (χ4v) is 1.90. The summed E-state index contributed by atoms with van der Waals surface area (Å²) < 4.78 is 0. The van der Waals surface area contributed by atoms with Crippen LogP contribution in [0, 0.1) is 0 Å². The van der Waals surface area contributed by atoms with Gasteiger partial charge in [-0.05, 0) is 17.9 Å². The Balaban J connectivity index is 2.44. The van der Waals surface area contributed by atoms with Gasteiger partial charge in [-0.25, -0.2) is 0 Å². The molecule has 4 nitrogen and oxygen atoms in total. The minimum Gasteiger partial charge on any atom is -0.481 e. The highest BCUT2D eigenvalue weighted by atomic mass is 32.1. The van der Waals surface area contributed by atoms with E-state index in [-0.39, 0.29) is 12.8 Å². The third kappa shape index (κ3) is 3.10. The van der Waals surface area contributed by atoms with Crippen molar-refractivity contribution >= 4 is 17.3 Å². The molecule has 0 aliphatic carbocycles. The molecule has 2 unspecified atom stereocenters. The Morgan fingerprint density at radius 3 is 2.86 bits per heavy atom. The molecule has 1 rings (SSSR count). The van der Waals surface area contributed by atoms with Gasteiger partial charge < -0.3 is 15.9 Å². The molecular weight excluding hydrogens is 202 g/mol. The average Bonchev–Trinajstić information content (AvgIpc) is 2.65. The second-order valence-electron chi connectivity index (χ2n) is 3.06. The number of hydrogen-bond donors (Lipinski definition) is 3. The Kier molecular flexibility index (Phi) is 4.06. The first-order valence-corrected chi connectivity index (χ1v) is 5.18. The van der Waals surface area contributed by atoms with Gasteiger partial charge in [0.25, 0.3) is 0 Å². The van der Waals surface area contributed by atoms with Gasteiger partial charge in [-0.1, -0.05) is 6.07 Å². The molecule has 4 N–H and O–H groups in total. The summed E-state index contributed by atoms with van der Waals surface area (Å²) in [5.41, 5.74) is 5.65. The van der Waals surface area contributed by atoms with E-state index < -0.39 is 18.1 Å². The van der Waals surface area contributed by atoms with E-state index in [1.54, 1.807) is 6.07 Å². The smallest absolute Gasteiger partial charge is 0.303 e. The van der Waals surface area contributed by atoms with Gasteiger partial charge in [-0.3, -0.25) is 4.79 Å². The highest BCUT2D eigenvalue weighted by Crippen LogP contribution is 2.22. The van der Waals surface area contributed by atoms with Crippen LogP contribution >= 0.6 is 11.3 Å². The van der Waals surface area contributed by atoms with E-state index in [2.05, 4.69) is 0 Å². The summed E-state index contributed by atoms with van der Waals surface area (Å²) in [6.45, 7) is 0. The summed E-state index contributed by atoms with van der Waals surface area (Å²) in [7, 11) is 0. The molecule has 78 valence electrons. The van der Waals surface area contributed by atoms with Gasteiger partial charge in [0.05, 0.1) is 0 Å². The molecule has 0 fully saturated rings. The third-order valence-electron chi connectivity index (χ3n) is 1.93. The summed E-state index contributed by atoms with van der Waals surface area (Å²) in [5, 5.41) is 20.0. The molecule has 0 saturated carbocycles. The lowest BCUT2D eigenvalue weighted by Crippen LogP contribution is -2.28. The topological polar surface area (TPSA) is 83.6 Å². The Bertz CT molecular complexity index is 286. The van der Waals surface area contributed by atoms with Crippen LogP contribution < -0.4 is 5.73 Å². The van der Waals surface area contributed by atoms with Crippen LogP contribution in [-0.2, 0) is 4.79 Å². The number of carboxylic acid groups (broad SMARTS) is 1. The Hall–Kier alpha value is -0.910. The van der Waals surface area contributed by atoms with Crippen LogP contribution in [0.4, 0.5) is 0 Å². The maximum Gasteiger partial charge on any atom is 0.303 e. The number of carboxylic acids is 1. The van der Waals surface area contributed by atoms with E-state index in [0.29, 0.717) is 0 Å². The van der Waals surface area contributed by atoms with E-state index in [9.17, 15) is 9.90 Å². The van der Waals surface area contributed by atoms with Crippen molar-refractivity contribution < 1.29 is 15.0 Å². The molecule has 0 saturated heterocycles. The van der Waals surface area contributed by atoms with Crippen molar-refractivity contribution in [3.8, 4) is 0 Å². The van der Waals surface area contributed by atoms with Crippen LogP contribution in [0.3, 0.4) is 0 Å². The molecule has 5 heteroatoms. The third-order valence-corrected chi connectivity index (χ3v) is 2.87. The van der Waals surface area contributed by atoms with Crippen molar-refractivity contribution in [3.05, 3.63) is 22.4 Å². The van der Waals surface area contributed by atoms with Gasteiger partial charge in [0.1, 0.15) is 6.10 Å². The van der Waals surface area contributed by atoms with E-state index in [1.807, 2.05) is 11.4 Å². The lowest BCUT2D eigenvalue weighted by Gasteiger charge is -2.16. The number of carbonyl (C=O) groups is 1. The summed E-state index contributed by atoms with van der Waals surface area (Å²) in [6, 6.07) is 3.10. The second-order valence-corrected chi connectivity index (χ2v) is 4.04. The van der Waals surface area contributed by atoms with Crippen LogP contribution in [0.2, 0.25) is 0 Å². The van der Waals surface area contributed by atoms with Crippen molar-refractivity contribution in [2.45, 2.75) is 25.0 Å². The van der Waals surface area contributed by atoms with Crippen LogP contribution in [0.5, 0.6) is 0 Å². The first-order chi connectivity index (χ1) is 6.61. The summed E-state index contributed by atoms with van der Waals surface area (Å²) >= 11 is 1.42. The van der Waals surface area contributed by atoms with Crippen LogP contribution in [0.15, 0.2) is 17.5 Å². The molecule has 1 heterocycles. The molecule has 1 aromatic rings. The first kappa shape index (κ1) is 11.2. The van der Waals surface area contributed by atoms with Crippen molar-refractivity contribution in [3.63, 3.8) is 0 Å². The van der Waals surface area contributed by atoms with Gasteiger partial charge in [0, 0.05) is 17.3 Å². The molecule has 0 aromatic carbocycles. The molecule has 0 spiro atoms. The van der Waals surface area contributed by atoms with E-state index in [1.165, 1.54) is 11.3 Å². The Morgan fingerprint density at radius 2 is 2.36 bits per heavy atom. The number of thiophene rings is 1. The highest BCUT2D eigenvalue weighted by molar-refractivity contribution is 7.10. The monoisotopic (exact) mass is 215 g/mol. The van der Waals surface area contributed by atoms with E-state index in [4.69, 9.17) is 10.8 Å². The maximum atomic E-state index is 10.3. The van der Waals surface area contributed by atoms with Crippen LogP contribution in [0.1, 0.15) is 23.8 Å². The summed E-state index contributed by atoms with van der Waals surface area (Å²) in [4.78, 5) is 11.1. The lowest BCUT2D eigenvalue weighted by atomic mass is 10.1. The number of hydrogen-bond acceptors (Lipinski definition) is 4. The maximum absolute atomic E-state index is 10.3. The normalized spacial score (nSPS) is 15.0. The van der Waals surface area contributed by atoms with Crippen molar-refractivity contribution in [2.75, 3.05) is 0 Å². The lowest BCUT2D eigenvalue weighted by molar-refractivity contribution is -0.137. The molecule has 0 radical (unpaired) electrons. The Labute approximate surface area is 86.0 Å². The van der Waals surface area contributed by atoms with Gasteiger partial charge in [-0.15, -0.1) is 11.3 Å². The predicted octanol–water partition coefficient (Wildman–Crippen LogP) is 0.974. The van der Waals surface area contributed by atoms with Gasteiger partial charge >= 0.3 is 5.97 Å². The molecule has 0 aliphatic rings. The molecule has 0 bridgehead atoms. The number of aliphatic carboxylic acids is 1. The minimum absolute atomic E-state index is 0.0103. The molecule has 14 heavy (non-hydrogen) atoms. The minimum atomic E-state index is -0.890. The first-order valence-electron chi connectivity index (χ1n) is 4.30. The van der Waals surface area contributed by atoms with Crippen molar-refractivity contribution in [1.29, 1.82) is 0 Å².